The molecular weight excluding hydrogens is 408 g/mol. The zero-order valence-electron chi connectivity index (χ0n) is 19.4. The average Bonchev–Trinajstić information content (AvgIpc) is 2.79. The van der Waals surface area contributed by atoms with Crippen LogP contribution in [0.2, 0.25) is 0 Å². The zero-order valence-corrected chi connectivity index (χ0v) is 19.4. The zero-order chi connectivity index (χ0) is 23.3. The van der Waals surface area contributed by atoms with Crippen molar-refractivity contribution in [3.8, 4) is 17.2 Å². The molecule has 8 nitrogen and oxygen atoms in total. The van der Waals surface area contributed by atoms with E-state index in [1.54, 1.807) is 12.1 Å². The number of ether oxygens (including phenoxy) is 3. The van der Waals surface area contributed by atoms with Crippen molar-refractivity contribution in [1.82, 2.24) is 4.98 Å². The Morgan fingerprint density at radius 3 is 2.09 bits per heavy atom. The van der Waals surface area contributed by atoms with E-state index in [2.05, 4.69) is 42.4 Å². The Morgan fingerprint density at radius 2 is 1.53 bits per heavy atom. The number of carbonyl (C=O) groups excluding carboxylic acids is 1. The van der Waals surface area contributed by atoms with Gasteiger partial charge in [0.15, 0.2) is 11.5 Å². The van der Waals surface area contributed by atoms with Crippen molar-refractivity contribution < 1.29 is 19.0 Å². The summed E-state index contributed by atoms with van der Waals surface area (Å²) in [6.07, 6.45) is 0. The van der Waals surface area contributed by atoms with E-state index in [1.165, 1.54) is 21.3 Å². The van der Waals surface area contributed by atoms with Crippen LogP contribution in [-0.2, 0) is 0 Å². The van der Waals surface area contributed by atoms with Crippen LogP contribution in [0.25, 0.3) is 10.9 Å². The summed E-state index contributed by atoms with van der Waals surface area (Å²) in [6, 6.07) is 10.7. The summed E-state index contributed by atoms with van der Waals surface area (Å²) < 4.78 is 16.0. The molecule has 8 heteroatoms. The first-order valence-corrected chi connectivity index (χ1v) is 10.5. The molecule has 0 saturated heterocycles. The lowest BCUT2D eigenvalue weighted by Gasteiger charge is -2.21. The minimum absolute atomic E-state index is 0.385. The van der Waals surface area contributed by atoms with Crippen molar-refractivity contribution in [2.24, 2.45) is 0 Å². The van der Waals surface area contributed by atoms with Crippen molar-refractivity contribution in [3.05, 3.63) is 42.0 Å². The second-order valence-electron chi connectivity index (χ2n) is 7.19. The molecule has 0 radical (unpaired) electrons. The lowest BCUT2D eigenvalue weighted by atomic mass is 10.1. The number of hydrogen-bond acceptors (Lipinski definition) is 6. The summed E-state index contributed by atoms with van der Waals surface area (Å²) in [7, 11) is 4.58. The van der Waals surface area contributed by atoms with Gasteiger partial charge in [-0.05, 0) is 50.6 Å². The molecular formula is C24H30N4O4. The number of methoxy groups -OCH3 is 3. The fourth-order valence-corrected chi connectivity index (χ4v) is 3.61. The molecule has 1 aromatic heterocycles. The van der Waals surface area contributed by atoms with Crippen molar-refractivity contribution >= 4 is 34.1 Å². The Bertz CT molecular complexity index is 1090. The van der Waals surface area contributed by atoms with Crippen LogP contribution < -0.4 is 29.7 Å². The first kappa shape index (κ1) is 23.0. The lowest BCUT2D eigenvalue weighted by Crippen LogP contribution is -2.23. The smallest absolute Gasteiger partial charge is 0.323 e. The standard InChI is InChI=1S/C24H30N4O4/c1-7-28(8-2)22-11-15(3)18-12-16(9-10-19(18)27-22)25-24(29)26-17-13-20(30-4)23(32-6)21(14-17)31-5/h9-14H,7-8H2,1-6H3,(H2,25,26,29). The maximum Gasteiger partial charge on any atom is 0.323 e. The van der Waals surface area contributed by atoms with Gasteiger partial charge in [-0.1, -0.05) is 0 Å². The largest absolute Gasteiger partial charge is 0.493 e. The molecule has 0 bridgehead atoms. The van der Waals surface area contributed by atoms with E-state index in [9.17, 15) is 4.79 Å². The van der Waals surface area contributed by atoms with Crippen molar-refractivity contribution in [1.29, 1.82) is 0 Å². The SMILES string of the molecule is CCN(CC)c1cc(C)c2cc(NC(=O)Nc3cc(OC)c(OC)c(OC)c3)ccc2n1. The minimum atomic E-state index is -0.385. The fraction of sp³-hybridized carbons (Fsp3) is 0.333. The molecule has 1 heterocycles. The number of aryl methyl sites for hydroxylation is 1. The normalized spacial score (nSPS) is 10.6. The monoisotopic (exact) mass is 438 g/mol. The second kappa shape index (κ2) is 10.1. The lowest BCUT2D eigenvalue weighted by molar-refractivity contribution is 0.262. The summed E-state index contributed by atoms with van der Waals surface area (Å²) >= 11 is 0. The number of benzene rings is 2. The van der Waals surface area contributed by atoms with Gasteiger partial charge < -0.3 is 29.7 Å². The molecule has 2 amide bonds. The average molecular weight is 439 g/mol. The van der Waals surface area contributed by atoms with Crippen LogP contribution in [-0.4, -0.2) is 45.4 Å². The van der Waals surface area contributed by atoms with E-state index < -0.39 is 0 Å². The molecule has 0 aliphatic carbocycles. The third-order valence-corrected chi connectivity index (χ3v) is 5.27. The summed E-state index contributed by atoms with van der Waals surface area (Å²) in [5.41, 5.74) is 3.18. The molecule has 2 aromatic carbocycles. The predicted octanol–water partition coefficient (Wildman–Crippen LogP) is 5.06. The Labute approximate surface area is 188 Å². The van der Waals surface area contributed by atoms with Gasteiger partial charge in [-0.15, -0.1) is 0 Å². The molecule has 0 unspecified atom stereocenters. The fourth-order valence-electron chi connectivity index (χ4n) is 3.61. The van der Waals surface area contributed by atoms with Gasteiger partial charge in [-0.25, -0.2) is 9.78 Å². The van der Waals surface area contributed by atoms with Crippen LogP contribution in [0, 0.1) is 6.92 Å². The Hall–Kier alpha value is -3.68. The van der Waals surface area contributed by atoms with Gasteiger partial charge in [0.1, 0.15) is 5.82 Å². The molecule has 0 aliphatic rings. The Kier molecular flexibility index (Phi) is 7.25. The summed E-state index contributed by atoms with van der Waals surface area (Å²) in [5, 5.41) is 6.67. The highest BCUT2D eigenvalue weighted by Gasteiger charge is 2.15. The number of rotatable bonds is 8. The van der Waals surface area contributed by atoms with Crippen molar-refractivity contribution in [2.45, 2.75) is 20.8 Å². The van der Waals surface area contributed by atoms with Gasteiger partial charge in [-0.3, -0.25) is 0 Å². The van der Waals surface area contributed by atoms with Crippen LogP contribution in [0.3, 0.4) is 0 Å². The number of nitrogens with one attached hydrogen (secondary N) is 2. The number of anilines is 3. The molecule has 0 spiro atoms. The number of fused-ring (bicyclic) bond motifs is 1. The quantitative estimate of drug-likeness (QED) is 0.511. The number of urea groups is 1. The Morgan fingerprint density at radius 1 is 0.906 bits per heavy atom. The third kappa shape index (κ3) is 4.80. The number of amides is 2. The first-order chi connectivity index (χ1) is 15.4. The molecule has 32 heavy (non-hydrogen) atoms. The maximum atomic E-state index is 12.6. The summed E-state index contributed by atoms with van der Waals surface area (Å²) in [6.45, 7) is 8.08. The topological polar surface area (TPSA) is 85.0 Å². The van der Waals surface area contributed by atoms with E-state index in [0.29, 0.717) is 28.6 Å². The molecule has 170 valence electrons. The van der Waals surface area contributed by atoms with Gasteiger partial charge >= 0.3 is 6.03 Å². The van der Waals surface area contributed by atoms with Crippen LogP contribution in [0.5, 0.6) is 17.2 Å². The third-order valence-electron chi connectivity index (χ3n) is 5.27. The second-order valence-corrected chi connectivity index (χ2v) is 7.19. The molecule has 3 aromatic rings. The minimum Gasteiger partial charge on any atom is -0.493 e. The van der Waals surface area contributed by atoms with Crippen LogP contribution in [0.15, 0.2) is 36.4 Å². The van der Waals surface area contributed by atoms with E-state index in [0.717, 1.165) is 35.4 Å². The van der Waals surface area contributed by atoms with E-state index in [-0.39, 0.29) is 6.03 Å². The van der Waals surface area contributed by atoms with Gasteiger partial charge in [0, 0.05) is 36.3 Å². The number of hydrogen-bond donors (Lipinski definition) is 2. The predicted molar refractivity (Wildman–Crippen MR) is 129 cm³/mol. The molecule has 0 aliphatic heterocycles. The molecule has 0 atom stereocenters. The highest BCUT2D eigenvalue weighted by atomic mass is 16.5. The summed E-state index contributed by atoms with van der Waals surface area (Å²) in [4.78, 5) is 19.6. The van der Waals surface area contributed by atoms with E-state index in [1.807, 2.05) is 18.2 Å². The molecule has 0 fully saturated rings. The molecule has 0 saturated carbocycles. The van der Waals surface area contributed by atoms with Crippen molar-refractivity contribution in [3.63, 3.8) is 0 Å². The van der Waals surface area contributed by atoms with E-state index >= 15 is 0 Å². The maximum absolute atomic E-state index is 12.6. The number of aromatic nitrogens is 1. The van der Waals surface area contributed by atoms with E-state index in [4.69, 9.17) is 19.2 Å². The van der Waals surface area contributed by atoms with Gasteiger partial charge in [-0.2, -0.15) is 0 Å². The first-order valence-electron chi connectivity index (χ1n) is 10.5. The number of pyridine rings is 1. The van der Waals surface area contributed by atoms with Gasteiger partial charge in [0.2, 0.25) is 5.75 Å². The number of nitrogens with zero attached hydrogens (tertiary/aromatic N) is 2. The molecule has 2 N–H and O–H groups in total. The highest BCUT2D eigenvalue weighted by Crippen LogP contribution is 2.40. The summed E-state index contributed by atoms with van der Waals surface area (Å²) in [5.74, 6) is 2.33. The van der Waals surface area contributed by atoms with Gasteiger partial charge in [0.25, 0.3) is 0 Å². The van der Waals surface area contributed by atoms with Crippen LogP contribution >= 0.6 is 0 Å². The number of carbonyl (C=O) groups is 1. The molecule has 3 rings (SSSR count). The highest BCUT2D eigenvalue weighted by molar-refractivity contribution is 6.01. The van der Waals surface area contributed by atoms with Crippen molar-refractivity contribution in [2.75, 3.05) is 50.0 Å². The van der Waals surface area contributed by atoms with Crippen LogP contribution in [0.4, 0.5) is 22.0 Å². The Balaban J connectivity index is 1.81. The van der Waals surface area contributed by atoms with Crippen LogP contribution in [0.1, 0.15) is 19.4 Å². The van der Waals surface area contributed by atoms with Gasteiger partial charge in [0.05, 0.1) is 32.5 Å².